The summed E-state index contributed by atoms with van der Waals surface area (Å²) in [6.07, 6.45) is 1.96. The molecule has 2 unspecified atom stereocenters. The Hall–Kier alpha value is -1.54. The normalized spacial score (nSPS) is 22.1. The van der Waals surface area contributed by atoms with E-state index < -0.39 is 6.29 Å². The van der Waals surface area contributed by atoms with E-state index in [0.717, 1.165) is 5.69 Å². The largest absolute Gasteiger partial charge is 0.354 e. The molecule has 1 saturated heterocycles. The molecule has 1 aromatic heterocycles. The number of hydrogen-bond donors (Lipinski definition) is 3. The van der Waals surface area contributed by atoms with Gasteiger partial charge in [0, 0.05) is 20.4 Å². The van der Waals surface area contributed by atoms with Crippen molar-refractivity contribution in [3.05, 3.63) is 30.1 Å². The lowest BCUT2D eigenvalue weighted by atomic mass is 10.1. The lowest BCUT2D eigenvalue weighted by Crippen LogP contribution is -2.45. The molecule has 0 radical (unpaired) electrons. The summed E-state index contributed by atoms with van der Waals surface area (Å²) < 4.78 is 10.0. The Morgan fingerprint density at radius 2 is 2.25 bits per heavy atom. The van der Waals surface area contributed by atoms with Gasteiger partial charge >= 0.3 is 0 Å². The van der Waals surface area contributed by atoms with Gasteiger partial charge < -0.3 is 14.8 Å². The SMILES string of the molecule is COC(CNC(=O)C1CC(c2ccccn2)NN1)OC. The van der Waals surface area contributed by atoms with Crippen molar-refractivity contribution in [2.75, 3.05) is 20.8 Å². The quantitative estimate of drug-likeness (QED) is 0.622. The Labute approximate surface area is 118 Å². The number of ether oxygens (including phenoxy) is 2. The van der Waals surface area contributed by atoms with E-state index in [1.54, 1.807) is 6.20 Å². The summed E-state index contributed by atoms with van der Waals surface area (Å²) in [7, 11) is 3.07. The molecule has 1 aliphatic rings. The Bertz CT molecular complexity index is 425. The molecule has 2 heterocycles. The van der Waals surface area contributed by atoms with Gasteiger partial charge in [-0.15, -0.1) is 0 Å². The van der Waals surface area contributed by atoms with Crippen LogP contribution in [0.25, 0.3) is 0 Å². The second kappa shape index (κ2) is 7.30. The molecule has 2 atom stereocenters. The van der Waals surface area contributed by atoms with Gasteiger partial charge in [-0.3, -0.25) is 9.78 Å². The standard InChI is InChI=1S/C13H20N4O3/c1-19-12(20-2)8-15-13(18)11-7-10(16-17-11)9-5-3-4-6-14-9/h3-6,10-12,16-17H,7-8H2,1-2H3,(H,15,18). The van der Waals surface area contributed by atoms with Crippen LogP contribution in [0.15, 0.2) is 24.4 Å². The zero-order valence-corrected chi connectivity index (χ0v) is 11.6. The van der Waals surface area contributed by atoms with Gasteiger partial charge in [0.15, 0.2) is 6.29 Å². The summed E-state index contributed by atoms with van der Waals surface area (Å²) in [5, 5.41) is 2.79. The van der Waals surface area contributed by atoms with Gasteiger partial charge in [-0.2, -0.15) is 0 Å². The lowest BCUT2D eigenvalue weighted by Gasteiger charge is -2.16. The molecule has 2 rings (SSSR count). The number of carbonyl (C=O) groups is 1. The minimum atomic E-state index is -0.431. The van der Waals surface area contributed by atoms with E-state index >= 15 is 0 Å². The van der Waals surface area contributed by atoms with Crippen molar-refractivity contribution in [1.29, 1.82) is 0 Å². The van der Waals surface area contributed by atoms with Gasteiger partial charge in [-0.25, -0.2) is 10.9 Å². The van der Waals surface area contributed by atoms with Crippen molar-refractivity contribution in [2.45, 2.75) is 24.8 Å². The first-order chi connectivity index (χ1) is 9.74. The molecule has 7 nitrogen and oxygen atoms in total. The van der Waals surface area contributed by atoms with Crippen LogP contribution >= 0.6 is 0 Å². The first-order valence-electron chi connectivity index (χ1n) is 6.50. The summed E-state index contributed by atoms with van der Waals surface area (Å²) in [4.78, 5) is 16.3. The fourth-order valence-corrected chi connectivity index (χ4v) is 2.07. The maximum absolute atomic E-state index is 12.0. The van der Waals surface area contributed by atoms with E-state index in [1.807, 2.05) is 18.2 Å². The maximum atomic E-state index is 12.0. The highest BCUT2D eigenvalue weighted by atomic mass is 16.7. The minimum Gasteiger partial charge on any atom is -0.354 e. The van der Waals surface area contributed by atoms with Gasteiger partial charge in [0.25, 0.3) is 0 Å². The van der Waals surface area contributed by atoms with E-state index in [-0.39, 0.29) is 18.0 Å². The number of carbonyl (C=O) groups excluding carboxylic acids is 1. The molecular weight excluding hydrogens is 260 g/mol. The second-order valence-electron chi connectivity index (χ2n) is 4.53. The van der Waals surface area contributed by atoms with Crippen molar-refractivity contribution in [1.82, 2.24) is 21.2 Å². The van der Waals surface area contributed by atoms with E-state index in [9.17, 15) is 4.79 Å². The zero-order valence-electron chi connectivity index (χ0n) is 11.6. The second-order valence-corrected chi connectivity index (χ2v) is 4.53. The average molecular weight is 280 g/mol. The number of nitrogens with zero attached hydrogens (tertiary/aromatic N) is 1. The van der Waals surface area contributed by atoms with E-state index in [4.69, 9.17) is 9.47 Å². The van der Waals surface area contributed by atoms with Crippen LogP contribution in [0, 0.1) is 0 Å². The fourth-order valence-electron chi connectivity index (χ4n) is 2.07. The topological polar surface area (TPSA) is 84.5 Å². The molecule has 0 aliphatic carbocycles. The summed E-state index contributed by atoms with van der Waals surface area (Å²) >= 11 is 0. The molecular formula is C13H20N4O3. The molecule has 1 amide bonds. The van der Waals surface area contributed by atoms with E-state index in [0.29, 0.717) is 13.0 Å². The number of rotatable bonds is 6. The number of hydrazine groups is 1. The first kappa shape index (κ1) is 14.9. The van der Waals surface area contributed by atoms with Crippen LogP contribution < -0.4 is 16.2 Å². The van der Waals surface area contributed by atoms with Crippen LogP contribution in [0.1, 0.15) is 18.2 Å². The molecule has 0 aromatic carbocycles. The van der Waals surface area contributed by atoms with Crippen molar-refractivity contribution >= 4 is 5.91 Å². The van der Waals surface area contributed by atoms with E-state index in [1.165, 1.54) is 14.2 Å². The number of aromatic nitrogens is 1. The predicted molar refractivity (Wildman–Crippen MR) is 72.5 cm³/mol. The Balaban J connectivity index is 1.82. The number of nitrogens with one attached hydrogen (secondary N) is 3. The molecule has 0 saturated carbocycles. The monoisotopic (exact) mass is 280 g/mol. The highest BCUT2D eigenvalue weighted by molar-refractivity contribution is 5.82. The molecule has 1 aromatic rings. The number of amides is 1. The summed E-state index contributed by atoms with van der Waals surface area (Å²) in [6, 6.07) is 5.47. The van der Waals surface area contributed by atoms with Crippen LogP contribution in [0.2, 0.25) is 0 Å². The lowest BCUT2D eigenvalue weighted by molar-refractivity contribution is -0.129. The Morgan fingerprint density at radius 1 is 1.45 bits per heavy atom. The molecule has 0 spiro atoms. The summed E-state index contributed by atoms with van der Waals surface area (Å²) in [5.41, 5.74) is 6.98. The van der Waals surface area contributed by atoms with E-state index in [2.05, 4.69) is 21.2 Å². The van der Waals surface area contributed by atoms with Gasteiger partial charge in [0.2, 0.25) is 5.91 Å². The molecule has 3 N–H and O–H groups in total. The number of methoxy groups -OCH3 is 2. The van der Waals surface area contributed by atoms with Crippen molar-refractivity contribution in [3.8, 4) is 0 Å². The number of hydrogen-bond acceptors (Lipinski definition) is 6. The average Bonchev–Trinajstić information content (AvgIpc) is 2.99. The van der Waals surface area contributed by atoms with Gasteiger partial charge in [-0.05, 0) is 18.6 Å². The van der Waals surface area contributed by atoms with Crippen molar-refractivity contribution in [2.24, 2.45) is 0 Å². The summed E-state index contributed by atoms with van der Waals surface area (Å²) in [5.74, 6) is -0.0879. The third kappa shape index (κ3) is 3.73. The molecule has 1 aliphatic heterocycles. The van der Waals surface area contributed by atoms with Crippen LogP contribution in [-0.2, 0) is 14.3 Å². The molecule has 0 bridgehead atoms. The Morgan fingerprint density at radius 3 is 2.90 bits per heavy atom. The van der Waals surface area contributed by atoms with Crippen LogP contribution in [-0.4, -0.2) is 44.0 Å². The van der Waals surface area contributed by atoms with Crippen molar-refractivity contribution < 1.29 is 14.3 Å². The van der Waals surface area contributed by atoms with Gasteiger partial charge in [0.1, 0.15) is 6.04 Å². The number of pyridine rings is 1. The first-order valence-corrected chi connectivity index (χ1v) is 6.50. The highest BCUT2D eigenvalue weighted by Crippen LogP contribution is 2.19. The highest BCUT2D eigenvalue weighted by Gasteiger charge is 2.30. The van der Waals surface area contributed by atoms with Gasteiger partial charge in [-0.1, -0.05) is 6.07 Å². The van der Waals surface area contributed by atoms with Crippen LogP contribution in [0.3, 0.4) is 0 Å². The third-order valence-electron chi connectivity index (χ3n) is 3.23. The summed E-state index contributed by atoms with van der Waals surface area (Å²) in [6.45, 7) is 0.318. The fraction of sp³-hybridized carbons (Fsp3) is 0.538. The molecule has 110 valence electrons. The maximum Gasteiger partial charge on any atom is 0.238 e. The third-order valence-corrected chi connectivity index (χ3v) is 3.23. The molecule has 1 fully saturated rings. The van der Waals surface area contributed by atoms with Crippen LogP contribution in [0.5, 0.6) is 0 Å². The minimum absolute atomic E-state index is 0.0348. The predicted octanol–water partition coefficient (Wildman–Crippen LogP) is -0.276. The molecule has 20 heavy (non-hydrogen) atoms. The van der Waals surface area contributed by atoms with Crippen molar-refractivity contribution in [3.63, 3.8) is 0 Å². The smallest absolute Gasteiger partial charge is 0.238 e. The molecule has 7 heteroatoms. The Kier molecular flexibility index (Phi) is 5.42. The van der Waals surface area contributed by atoms with Gasteiger partial charge in [0.05, 0.1) is 18.3 Å². The van der Waals surface area contributed by atoms with Crippen LogP contribution in [0.4, 0.5) is 0 Å². The zero-order chi connectivity index (χ0) is 14.4.